The van der Waals surface area contributed by atoms with E-state index >= 15 is 0 Å². The Labute approximate surface area is 162 Å². The van der Waals surface area contributed by atoms with E-state index in [-0.39, 0.29) is 10.7 Å². The van der Waals surface area contributed by atoms with Gasteiger partial charge in [-0.1, -0.05) is 0 Å². The molecule has 8 heteroatoms. The average molecular weight is 406 g/mol. The zero-order valence-corrected chi connectivity index (χ0v) is 17.1. The fourth-order valence-corrected chi connectivity index (χ4v) is 4.57. The summed E-state index contributed by atoms with van der Waals surface area (Å²) >= 11 is 1.44. The first-order valence-corrected chi connectivity index (χ1v) is 10.5. The maximum Gasteiger partial charge on any atom is 0.242 e. The lowest BCUT2D eigenvalue weighted by Gasteiger charge is -2.13. The van der Waals surface area contributed by atoms with E-state index < -0.39 is 10.0 Å². The average Bonchev–Trinajstić information content (AvgIpc) is 2.97. The van der Waals surface area contributed by atoms with Crippen LogP contribution in [0, 0.1) is 12.7 Å². The number of benzene rings is 2. The Kier molecular flexibility index (Phi) is 5.32. The molecule has 0 unspecified atom stereocenters. The number of aromatic nitrogens is 1. The highest BCUT2D eigenvalue weighted by molar-refractivity contribution is 7.89. The van der Waals surface area contributed by atoms with Crippen LogP contribution in [-0.2, 0) is 17.1 Å². The molecule has 0 spiro atoms. The van der Waals surface area contributed by atoms with Crippen LogP contribution in [0.15, 0.2) is 57.7 Å². The fraction of sp³-hybridized carbons (Fsp3) is 0.211. The SMILES string of the molecule is Cc1cc(-c2csc(=Nc3ccc(F)cc3)n2C)cc(S(=O)(=O)N(C)C)c1. The van der Waals surface area contributed by atoms with Crippen molar-refractivity contribution in [2.24, 2.45) is 12.0 Å². The van der Waals surface area contributed by atoms with E-state index in [9.17, 15) is 12.8 Å². The second-order valence-corrected chi connectivity index (χ2v) is 9.36. The highest BCUT2D eigenvalue weighted by atomic mass is 32.2. The molecule has 27 heavy (non-hydrogen) atoms. The van der Waals surface area contributed by atoms with Gasteiger partial charge in [-0.15, -0.1) is 11.3 Å². The lowest BCUT2D eigenvalue weighted by molar-refractivity contribution is 0.520. The van der Waals surface area contributed by atoms with Gasteiger partial charge < -0.3 is 4.57 Å². The quantitative estimate of drug-likeness (QED) is 0.665. The van der Waals surface area contributed by atoms with E-state index in [1.807, 2.05) is 30.0 Å². The number of hydrogen-bond donors (Lipinski definition) is 0. The van der Waals surface area contributed by atoms with E-state index in [4.69, 9.17) is 0 Å². The van der Waals surface area contributed by atoms with Crippen molar-refractivity contribution in [1.82, 2.24) is 8.87 Å². The predicted octanol–water partition coefficient (Wildman–Crippen LogP) is 3.68. The third-order valence-corrected chi connectivity index (χ3v) is 6.81. The number of hydrogen-bond acceptors (Lipinski definition) is 4. The normalized spacial score (nSPS) is 12.7. The van der Waals surface area contributed by atoms with Crippen molar-refractivity contribution in [3.8, 4) is 11.3 Å². The number of halogens is 1. The molecule has 0 saturated carbocycles. The van der Waals surface area contributed by atoms with Gasteiger partial charge in [0.15, 0.2) is 4.80 Å². The van der Waals surface area contributed by atoms with Crippen LogP contribution >= 0.6 is 11.3 Å². The third kappa shape index (κ3) is 4.02. The summed E-state index contributed by atoms with van der Waals surface area (Å²) in [6.45, 7) is 1.87. The summed E-state index contributed by atoms with van der Waals surface area (Å²) in [5.74, 6) is -0.306. The number of nitrogens with zero attached hydrogens (tertiary/aromatic N) is 3. The summed E-state index contributed by atoms with van der Waals surface area (Å²) < 4.78 is 41.2. The largest absolute Gasteiger partial charge is 0.320 e. The van der Waals surface area contributed by atoms with Gasteiger partial charge in [0, 0.05) is 32.1 Å². The minimum absolute atomic E-state index is 0.255. The van der Waals surface area contributed by atoms with Crippen molar-refractivity contribution in [3.05, 3.63) is 64.0 Å². The molecule has 142 valence electrons. The second kappa shape index (κ2) is 7.38. The van der Waals surface area contributed by atoms with E-state index in [0.717, 1.165) is 21.6 Å². The van der Waals surface area contributed by atoms with E-state index in [0.29, 0.717) is 5.69 Å². The summed E-state index contributed by atoms with van der Waals surface area (Å²) in [6.07, 6.45) is 0. The van der Waals surface area contributed by atoms with Crippen LogP contribution in [0.4, 0.5) is 10.1 Å². The Hall–Kier alpha value is -2.29. The van der Waals surface area contributed by atoms with Crippen LogP contribution in [0.25, 0.3) is 11.3 Å². The van der Waals surface area contributed by atoms with Gasteiger partial charge in [0.05, 0.1) is 16.3 Å². The molecular formula is C19H20FN3O2S2. The van der Waals surface area contributed by atoms with Gasteiger partial charge in [0.25, 0.3) is 0 Å². The van der Waals surface area contributed by atoms with Crippen LogP contribution in [0.5, 0.6) is 0 Å². The zero-order chi connectivity index (χ0) is 19.8. The Morgan fingerprint density at radius 1 is 1.11 bits per heavy atom. The van der Waals surface area contributed by atoms with Crippen LogP contribution < -0.4 is 4.80 Å². The summed E-state index contributed by atoms with van der Waals surface area (Å²) in [5.41, 5.74) is 3.17. The Bertz CT molecular complexity index is 1140. The van der Waals surface area contributed by atoms with Gasteiger partial charge in [-0.25, -0.2) is 22.1 Å². The van der Waals surface area contributed by atoms with E-state index in [2.05, 4.69) is 4.99 Å². The number of rotatable bonds is 4. The van der Waals surface area contributed by atoms with Crippen molar-refractivity contribution in [3.63, 3.8) is 0 Å². The summed E-state index contributed by atoms with van der Waals surface area (Å²) in [7, 11) is 1.38. The number of sulfonamides is 1. The zero-order valence-electron chi connectivity index (χ0n) is 15.5. The minimum atomic E-state index is -3.52. The van der Waals surface area contributed by atoms with Gasteiger partial charge >= 0.3 is 0 Å². The van der Waals surface area contributed by atoms with Gasteiger partial charge in [-0.3, -0.25) is 0 Å². The third-order valence-electron chi connectivity index (χ3n) is 4.10. The number of thiazole rings is 1. The van der Waals surface area contributed by atoms with Gasteiger partial charge in [0.2, 0.25) is 10.0 Å². The molecule has 0 fully saturated rings. The topological polar surface area (TPSA) is 54.7 Å². The molecular weight excluding hydrogens is 385 g/mol. The standard InChI is InChI=1S/C19H20FN3O2S2/c1-13-9-14(11-17(10-13)27(24,25)22(2)3)18-12-26-19(23(18)4)21-16-7-5-15(20)6-8-16/h5-12H,1-4H3. The highest BCUT2D eigenvalue weighted by Crippen LogP contribution is 2.26. The minimum Gasteiger partial charge on any atom is -0.320 e. The van der Waals surface area contributed by atoms with Crippen LogP contribution in [0.3, 0.4) is 0 Å². The lowest BCUT2D eigenvalue weighted by atomic mass is 10.1. The second-order valence-electron chi connectivity index (χ2n) is 6.37. The van der Waals surface area contributed by atoms with Crippen LogP contribution in [0.2, 0.25) is 0 Å². The van der Waals surface area contributed by atoms with E-state index in [1.54, 1.807) is 24.3 Å². The fourth-order valence-electron chi connectivity index (χ4n) is 2.61. The molecule has 0 amide bonds. The molecule has 0 bridgehead atoms. The summed E-state index contributed by atoms with van der Waals surface area (Å²) in [4.78, 5) is 5.53. The molecule has 3 rings (SSSR count). The first-order chi connectivity index (χ1) is 12.7. The van der Waals surface area contributed by atoms with Crippen molar-refractivity contribution in [1.29, 1.82) is 0 Å². The summed E-state index contributed by atoms with van der Waals surface area (Å²) in [5, 5.41) is 1.93. The van der Waals surface area contributed by atoms with Gasteiger partial charge in [-0.2, -0.15) is 0 Å². The van der Waals surface area contributed by atoms with Gasteiger partial charge in [-0.05, 0) is 55.0 Å². The molecule has 0 radical (unpaired) electrons. The molecule has 1 heterocycles. The molecule has 0 aliphatic rings. The molecule has 0 aliphatic carbocycles. The first kappa shape index (κ1) is 19.5. The first-order valence-electron chi connectivity index (χ1n) is 8.18. The molecule has 3 aromatic rings. The van der Waals surface area contributed by atoms with Crippen molar-refractivity contribution >= 4 is 27.0 Å². The molecule has 0 aliphatic heterocycles. The molecule has 1 aromatic heterocycles. The molecule has 2 aromatic carbocycles. The van der Waals surface area contributed by atoms with Crippen molar-refractivity contribution in [2.75, 3.05) is 14.1 Å². The Morgan fingerprint density at radius 3 is 2.41 bits per heavy atom. The van der Waals surface area contributed by atoms with Crippen LogP contribution in [-0.4, -0.2) is 31.4 Å². The lowest BCUT2D eigenvalue weighted by Crippen LogP contribution is -2.22. The maximum absolute atomic E-state index is 13.1. The smallest absolute Gasteiger partial charge is 0.242 e. The molecule has 5 nitrogen and oxygen atoms in total. The monoisotopic (exact) mass is 405 g/mol. The molecule has 0 saturated heterocycles. The van der Waals surface area contributed by atoms with E-state index in [1.165, 1.54) is 41.9 Å². The summed E-state index contributed by atoms with van der Waals surface area (Å²) in [6, 6.07) is 11.2. The van der Waals surface area contributed by atoms with Gasteiger partial charge in [0.1, 0.15) is 5.82 Å². The van der Waals surface area contributed by atoms with Crippen molar-refractivity contribution < 1.29 is 12.8 Å². The Balaban J connectivity index is 2.10. The molecule has 0 N–H and O–H groups in total. The molecule has 0 atom stereocenters. The number of aryl methyl sites for hydroxylation is 1. The van der Waals surface area contributed by atoms with Crippen molar-refractivity contribution in [2.45, 2.75) is 11.8 Å². The Morgan fingerprint density at radius 2 is 1.78 bits per heavy atom. The highest BCUT2D eigenvalue weighted by Gasteiger charge is 2.19. The van der Waals surface area contributed by atoms with Crippen LogP contribution in [0.1, 0.15) is 5.56 Å². The predicted molar refractivity (Wildman–Crippen MR) is 106 cm³/mol. The maximum atomic E-state index is 13.1.